The molecular weight excluding hydrogens is 378 g/mol. The van der Waals surface area contributed by atoms with E-state index in [1.807, 2.05) is 38.2 Å². The summed E-state index contributed by atoms with van der Waals surface area (Å²) >= 11 is 1.43. The lowest BCUT2D eigenvalue weighted by Crippen LogP contribution is -2.23. The van der Waals surface area contributed by atoms with Gasteiger partial charge < -0.3 is 19.2 Å². The Morgan fingerprint density at radius 3 is 2.79 bits per heavy atom. The Balaban J connectivity index is 1.81. The number of aryl methyl sites for hydroxylation is 2. The van der Waals surface area contributed by atoms with Crippen molar-refractivity contribution in [2.45, 2.75) is 24.4 Å². The summed E-state index contributed by atoms with van der Waals surface area (Å²) < 4.78 is 8.64. The fourth-order valence-electron chi connectivity index (χ4n) is 2.62. The zero-order valence-corrected chi connectivity index (χ0v) is 16.7. The van der Waals surface area contributed by atoms with Gasteiger partial charge in [0.05, 0.1) is 13.3 Å². The van der Waals surface area contributed by atoms with Gasteiger partial charge in [0.25, 0.3) is 0 Å². The number of pyridine rings is 1. The first-order valence-electron chi connectivity index (χ1n) is 8.57. The number of methoxy groups -OCH3 is 1. The van der Waals surface area contributed by atoms with E-state index in [2.05, 4.69) is 15.5 Å². The molecular formula is C19H21N5O3S. The van der Waals surface area contributed by atoms with Crippen LogP contribution in [0.1, 0.15) is 11.3 Å². The highest BCUT2D eigenvalue weighted by Crippen LogP contribution is 2.21. The van der Waals surface area contributed by atoms with Gasteiger partial charge in [-0.05, 0) is 18.6 Å². The van der Waals surface area contributed by atoms with E-state index in [1.54, 1.807) is 21.7 Å². The number of para-hydroxylation sites is 1. The maximum Gasteiger partial charge on any atom is 0.244 e. The predicted octanol–water partition coefficient (Wildman–Crippen LogP) is 2.22. The topological polar surface area (TPSA) is 91.0 Å². The highest BCUT2D eigenvalue weighted by atomic mass is 32.2. The van der Waals surface area contributed by atoms with E-state index in [0.29, 0.717) is 11.4 Å². The van der Waals surface area contributed by atoms with Crippen LogP contribution in [0.5, 0.6) is 5.75 Å². The number of rotatable bonds is 7. The first-order chi connectivity index (χ1) is 13.5. The zero-order valence-electron chi connectivity index (χ0n) is 15.9. The lowest BCUT2D eigenvalue weighted by Gasteiger charge is -2.15. The number of hydrogen-bond acceptors (Lipinski definition) is 6. The Labute approximate surface area is 166 Å². The van der Waals surface area contributed by atoms with Crippen molar-refractivity contribution < 1.29 is 9.53 Å². The molecule has 0 aliphatic rings. The van der Waals surface area contributed by atoms with Crippen LogP contribution < -0.4 is 15.5 Å². The molecule has 1 aromatic carbocycles. The summed E-state index contributed by atoms with van der Waals surface area (Å²) in [6, 6.07) is 9.06. The third-order valence-corrected chi connectivity index (χ3v) is 5.22. The fraction of sp³-hybridized carbons (Fsp3) is 0.263. The molecule has 28 heavy (non-hydrogen) atoms. The van der Waals surface area contributed by atoms with E-state index in [4.69, 9.17) is 4.74 Å². The van der Waals surface area contributed by atoms with Gasteiger partial charge in [0.2, 0.25) is 11.3 Å². The van der Waals surface area contributed by atoms with Gasteiger partial charge in [-0.15, -0.1) is 10.2 Å². The maximum atomic E-state index is 12.6. The summed E-state index contributed by atoms with van der Waals surface area (Å²) in [7, 11) is 3.28. The number of nitrogens with one attached hydrogen (secondary N) is 1. The minimum Gasteiger partial charge on any atom is -0.491 e. The number of aromatic nitrogens is 4. The van der Waals surface area contributed by atoms with Crippen LogP contribution >= 0.6 is 11.8 Å². The van der Waals surface area contributed by atoms with Gasteiger partial charge in [-0.3, -0.25) is 9.59 Å². The second-order valence-electron chi connectivity index (χ2n) is 6.20. The van der Waals surface area contributed by atoms with E-state index in [1.165, 1.54) is 24.9 Å². The number of anilines is 1. The van der Waals surface area contributed by atoms with Crippen molar-refractivity contribution in [2.24, 2.45) is 7.05 Å². The second-order valence-corrected chi connectivity index (χ2v) is 7.14. The minimum absolute atomic E-state index is 0.0552. The molecule has 0 spiro atoms. The van der Waals surface area contributed by atoms with E-state index >= 15 is 0 Å². The molecule has 1 N–H and O–H groups in total. The summed E-state index contributed by atoms with van der Waals surface area (Å²) in [4.78, 5) is 24.8. The number of carbonyl (C=O) groups is 1. The van der Waals surface area contributed by atoms with Crippen LogP contribution in [0.2, 0.25) is 0 Å². The molecule has 3 aromatic rings. The summed E-state index contributed by atoms with van der Waals surface area (Å²) in [5.74, 6) is 0.463. The average Bonchev–Trinajstić information content (AvgIpc) is 3.08. The van der Waals surface area contributed by atoms with Crippen LogP contribution in [0.4, 0.5) is 5.69 Å². The smallest absolute Gasteiger partial charge is 0.244 e. The molecule has 0 radical (unpaired) electrons. The van der Waals surface area contributed by atoms with Crippen molar-refractivity contribution in [1.82, 2.24) is 19.3 Å². The van der Waals surface area contributed by atoms with Crippen molar-refractivity contribution in [2.75, 3.05) is 12.4 Å². The number of thioether (sulfide) groups is 1. The van der Waals surface area contributed by atoms with Crippen LogP contribution in [0.25, 0.3) is 0 Å². The van der Waals surface area contributed by atoms with E-state index in [-0.39, 0.29) is 23.6 Å². The highest BCUT2D eigenvalue weighted by Gasteiger charge is 2.13. The molecule has 0 saturated carbocycles. The van der Waals surface area contributed by atoms with Gasteiger partial charge >= 0.3 is 0 Å². The van der Waals surface area contributed by atoms with Crippen LogP contribution in [0.3, 0.4) is 0 Å². The van der Waals surface area contributed by atoms with Gasteiger partial charge in [0.15, 0.2) is 10.9 Å². The average molecular weight is 399 g/mol. The Morgan fingerprint density at radius 1 is 1.32 bits per heavy atom. The highest BCUT2D eigenvalue weighted by molar-refractivity contribution is 7.98. The Bertz CT molecular complexity index is 1040. The molecule has 0 bridgehead atoms. The molecule has 0 unspecified atom stereocenters. The van der Waals surface area contributed by atoms with E-state index in [9.17, 15) is 9.59 Å². The standard InChI is InChI=1S/C19H21N5O3S/c1-13-6-4-5-7-15(13)21-18(26)10-24-9-17(27-3)16(25)8-14(24)11-28-19-22-20-12-23(19)2/h4-9,12H,10-11H2,1-3H3,(H,21,26). The lowest BCUT2D eigenvalue weighted by atomic mass is 10.2. The van der Waals surface area contributed by atoms with Crippen molar-refractivity contribution in [3.63, 3.8) is 0 Å². The normalized spacial score (nSPS) is 10.7. The number of nitrogens with zero attached hydrogens (tertiary/aromatic N) is 4. The van der Waals surface area contributed by atoms with Crippen molar-refractivity contribution in [1.29, 1.82) is 0 Å². The molecule has 146 valence electrons. The molecule has 9 heteroatoms. The van der Waals surface area contributed by atoms with Gasteiger partial charge in [0.1, 0.15) is 12.9 Å². The molecule has 3 rings (SSSR count). The summed E-state index contributed by atoms with van der Waals surface area (Å²) in [5, 5.41) is 11.5. The maximum absolute atomic E-state index is 12.6. The van der Waals surface area contributed by atoms with Gasteiger partial charge in [0, 0.05) is 30.2 Å². The number of amides is 1. The Kier molecular flexibility index (Phi) is 6.15. The molecule has 0 aliphatic heterocycles. The lowest BCUT2D eigenvalue weighted by molar-refractivity contribution is -0.116. The third-order valence-electron chi connectivity index (χ3n) is 4.15. The Morgan fingerprint density at radius 2 is 2.11 bits per heavy atom. The fourth-order valence-corrected chi connectivity index (χ4v) is 3.50. The van der Waals surface area contributed by atoms with E-state index < -0.39 is 0 Å². The molecule has 0 saturated heterocycles. The number of ether oxygens (including phenoxy) is 1. The monoisotopic (exact) mass is 399 g/mol. The van der Waals surface area contributed by atoms with Crippen LogP contribution in [-0.2, 0) is 24.1 Å². The molecule has 2 aromatic heterocycles. The summed E-state index contributed by atoms with van der Waals surface area (Å²) in [5.41, 5.74) is 2.20. The number of carbonyl (C=O) groups excluding carboxylic acids is 1. The summed E-state index contributed by atoms with van der Waals surface area (Å²) in [6.45, 7) is 1.99. The largest absolute Gasteiger partial charge is 0.491 e. The molecule has 0 atom stereocenters. The molecule has 0 aliphatic carbocycles. The van der Waals surface area contributed by atoms with Crippen molar-refractivity contribution in [3.8, 4) is 5.75 Å². The molecule has 0 fully saturated rings. The first kappa shape index (κ1) is 19.7. The molecule has 8 nitrogen and oxygen atoms in total. The number of hydrogen-bond donors (Lipinski definition) is 1. The predicted molar refractivity (Wildman–Crippen MR) is 108 cm³/mol. The minimum atomic E-state index is -0.230. The van der Waals surface area contributed by atoms with Crippen LogP contribution in [0, 0.1) is 6.92 Å². The van der Waals surface area contributed by atoms with Crippen molar-refractivity contribution in [3.05, 3.63) is 64.3 Å². The SMILES string of the molecule is COc1cn(CC(=O)Nc2ccccc2C)c(CSc2nncn2C)cc1=O. The number of benzene rings is 1. The molecule has 1 amide bonds. The first-order valence-corrected chi connectivity index (χ1v) is 9.56. The van der Waals surface area contributed by atoms with Gasteiger partial charge in [-0.25, -0.2) is 0 Å². The van der Waals surface area contributed by atoms with Crippen LogP contribution in [0.15, 0.2) is 52.8 Å². The van der Waals surface area contributed by atoms with Gasteiger partial charge in [-0.1, -0.05) is 30.0 Å². The van der Waals surface area contributed by atoms with Crippen LogP contribution in [-0.4, -0.2) is 32.3 Å². The van der Waals surface area contributed by atoms with Crippen molar-refractivity contribution >= 4 is 23.4 Å². The van der Waals surface area contributed by atoms with Gasteiger partial charge in [-0.2, -0.15) is 0 Å². The second kappa shape index (κ2) is 8.75. The quantitative estimate of drug-likeness (QED) is 0.613. The third kappa shape index (κ3) is 4.61. The zero-order chi connectivity index (χ0) is 20.1. The van der Waals surface area contributed by atoms with E-state index in [0.717, 1.165) is 16.4 Å². The Hall–Kier alpha value is -3.07. The summed E-state index contributed by atoms with van der Waals surface area (Å²) in [6.07, 6.45) is 3.17. The molecule has 2 heterocycles.